The molecule has 6 heteroatoms. The number of nitrogens with zero attached hydrogens (tertiary/aromatic N) is 2. The van der Waals surface area contributed by atoms with Crippen molar-refractivity contribution in [2.45, 2.75) is 13.0 Å². The first kappa shape index (κ1) is 14.3. The van der Waals surface area contributed by atoms with Crippen molar-refractivity contribution < 1.29 is 4.74 Å². The van der Waals surface area contributed by atoms with E-state index >= 15 is 0 Å². The number of hydrogen-bond donors (Lipinski definition) is 2. The molecule has 1 aromatic carbocycles. The average Bonchev–Trinajstić information content (AvgIpc) is 2.77. The Morgan fingerprint density at radius 3 is 2.84 bits per heavy atom. The van der Waals surface area contributed by atoms with E-state index in [9.17, 15) is 0 Å². The fraction of sp³-hybridized carbons (Fsp3) is 0.308. The highest BCUT2D eigenvalue weighted by atomic mass is 127. The van der Waals surface area contributed by atoms with Crippen LogP contribution in [0.3, 0.4) is 0 Å². The minimum Gasteiger partial charge on any atom is -0.493 e. The number of nitrogens with two attached hydrogens (primary N) is 1. The Morgan fingerprint density at radius 1 is 1.47 bits per heavy atom. The summed E-state index contributed by atoms with van der Waals surface area (Å²) in [5.41, 5.74) is 6.11. The van der Waals surface area contributed by atoms with Crippen LogP contribution in [0.4, 0.5) is 0 Å². The van der Waals surface area contributed by atoms with E-state index < -0.39 is 0 Å². The van der Waals surface area contributed by atoms with Gasteiger partial charge in [-0.25, -0.2) is 5.43 Å². The number of nitrogens with one attached hydrogen (secondary N) is 1. The Balaban J connectivity index is 2.56. The van der Waals surface area contributed by atoms with Gasteiger partial charge in [0.25, 0.3) is 0 Å². The van der Waals surface area contributed by atoms with Crippen LogP contribution in [-0.2, 0) is 7.05 Å². The molecule has 0 amide bonds. The third kappa shape index (κ3) is 2.60. The van der Waals surface area contributed by atoms with Crippen LogP contribution in [0.1, 0.15) is 22.9 Å². The lowest BCUT2D eigenvalue weighted by Crippen LogP contribution is -2.31. The monoisotopic (exact) mass is 372 g/mol. The third-order valence-electron chi connectivity index (χ3n) is 3.14. The summed E-state index contributed by atoms with van der Waals surface area (Å²) in [7, 11) is 3.51. The summed E-state index contributed by atoms with van der Waals surface area (Å²) in [6.07, 6.45) is 1.70. The molecule has 0 spiro atoms. The summed E-state index contributed by atoms with van der Waals surface area (Å²) in [6.45, 7) is 2.08. The minimum atomic E-state index is -0.158. The highest BCUT2D eigenvalue weighted by Gasteiger charge is 2.23. The topological polar surface area (TPSA) is 65.1 Å². The fourth-order valence-corrected chi connectivity index (χ4v) is 2.79. The number of hydrazine groups is 1. The van der Waals surface area contributed by atoms with E-state index in [1.54, 1.807) is 18.0 Å². The second kappa shape index (κ2) is 5.89. The number of ether oxygens (including phenoxy) is 1. The van der Waals surface area contributed by atoms with Crippen molar-refractivity contribution in [3.05, 3.63) is 44.8 Å². The number of methoxy groups -OCH3 is 1. The van der Waals surface area contributed by atoms with Gasteiger partial charge in [0.2, 0.25) is 0 Å². The molecule has 3 N–H and O–H groups in total. The van der Waals surface area contributed by atoms with Crippen molar-refractivity contribution in [1.29, 1.82) is 0 Å². The largest absolute Gasteiger partial charge is 0.493 e. The van der Waals surface area contributed by atoms with Crippen LogP contribution < -0.4 is 16.0 Å². The molecule has 1 heterocycles. The molecule has 0 saturated heterocycles. The van der Waals surface area contributed by atoms with Crippen molar-refractivity contribution in [2.24, 2.45) is 12.9 Å². The molecule has 0 aliphatic rings. The van der Waals surface area contributed by atoms with Crippen LogP contribution in [0.25, 0.3) is 0 Å². The maximum absolute atomic E-state index is 5.76. The molecular formula is C13H17IN4O. The van der Waals surface area contributed by atoms with E-state index in [0.29, 0.717) is 0 Å². The van der Waals surface area contributed by atoms with Gasteiger partial charge in [-0.15, -0.1) is 0 Å². The van der Waals surface area contributed by atoms with E-state index in [4.69, 9.17) is 10.6 Å². The average molecular weight is 372 g/mol. The molecule has 0 fully saturated rings. The Morgan fingerprint density at radius 2 is 2.21 bits per heavy atom. The summed E-state index contributed by atoms with van der Waals surface area (Å²) in [5.74, 6) is 6.48. The number of benzene rings is 1. The predicted octanol–water partition coefficient (Wildman–Crippen LogP) is 1.89. The zero-order valence-corrected chi connectivity index (χ0v) is 13.3. The fourth-order valence-electron chi connectivity index (χ4n) is 2.12. The van der Waals surface area contributed by atoms with Gasteiger partial charge in [0.1, 0.15) is 5.69 Å². The van der Waals surface area contributed by atoms with E-state index in [0.717, 1.165) is 17.0 Å². The lowest BCUT2D eigenvalue weighted by atomic mass is 10.0. The second-order valence-corrected chi connectivity index (χ2v) is 5.38. The SMILES string of the molecule is COc1cnn(C)c1C(NN)c1cccc(C)c1I. The van der Waals surface area contributed by atoms with E-state index in [2.05, 4.69) is 52.2 Å². The van der Waals surface area contributed by atoms with Crippen molar-refractivity contribution >= 4 is 22.6 Å². The van der Waals surface area contributed by atoms with E-state index in [-0.39, 0.29) is 6.04 Å². The first-order chi connectivity index (χ1) is 9.10. The van der Waals surface area contributed by atoms with Crippen LogP contribution >= 0.6 is 22.6 Å². The first-order valence-corrected chi connectivity index (χ1v) is 6.95. The molecule has 0 radical (unpaired) electrons. The van der Waals surface area contributed by atoms with Gasteiger partial charge in [-0.3, -0.25) is 10.5 Å². The van der Waals surface area contributed by atoms with Gasteiger partial charge in [-0.2, -0.15) is 5.10 Å². The second-order valence-electron chi connectivity index (χ2n) is 4.30. The zero-order valence-electron chi connectivity index (χ0n) is 11.1. The molecule has 0 aliphatic heterocycles. The van der Waals surface area contributed by atoms with Crippen molar-refractivity contribution in [2.75, 3.05) is 7.11 Å². The van der Waals surface area contributed by atoms with Gasteiger partial charge in [0, 0.05) is 10.6 Å². The summed E-state index contributed by atoms with van der Waals surface area (Å²) in [5, 5.41) is 4.23. The zero-order chi connectivity index (χ0) is 14.0. The smallest absolute Gasteiger partial charge is 0.161 e. The number of aryl methyl sites for hydroxylation is 2. The normalized spacial score (nSPS) is 12.5. The number of halogens is 1. The van der Waals surface area contributed by atoms with Gasteiger partial charge in [0.05, 0.1) is 19.3 Å². The molecule has 1 aromatic heterocycles. The maximum Gasteiger partial charge on any atom is 0.161 e. The van der Waals surface area contributed by atoms with Gasteiger partial charge >= 0.3 is 0 Å². The van der Waals surface area contributed by atoms with Crippen molar-refractivity contribution in [3.63, 3.8) is 0 Å². The molecule has 0 aliphatic carbocycles. The molecule has 19 heavy (non-hydrogen) atoms. The molecule has 2 aromatic rings. The Bertz CT molecular complexity index is 582. The van der Waals surface area contributed by atoms with Crippen molar-refractivity contribution in [3.8, 4) is 5.75 Å². The quantitative estimate of drug-likeness (QED) is 0.489. The molecule has 0 bridgehead atoms. The van der Waals surface area contributed by atoms with Crippen LogP contribution in [0.2, 0.25) is 0 Å². The molecule has 2 rings (SSSR count). The lowest BCUT2D eigenvalue weighted by molar-refractivity contribution is 0.401. The molecule has 1 atom stereocenters. The lowest BCUT2D eigenvalue weighted by Gasteiger charge is -2.20. The molecular weight excluding hydrogens is 355 g/mol. The van der Waals surface area contributed by atoms with Gasteiger partial charge in [-0.1, -0.05) is 18.2 Å². The van der Waals surface area contributed by atoms with Crippen molar-refractivity contribution in [1.82, 2.24) is 15.2 Å². The van der Waals surface area contributed by atoms with Crippen LogP contribution in [0.5, 0.6) is 5.75 Å². The Kier molecular flexibility index (Phi) is 4.43. The highest BCUT2D eigenvalue weighted by molar-refractivity contribution is 14.1. The van der Waals surface area contributed by atoms with Crippen LogP contribution in [0.15, 0.2) is 24.4 Å². The third-order valence-corrected chi connectivity index (χ3v) is 4.62. The first-order valence-electron chi connectivity index (χ1n) is 5.87. The van der Waals surface area contributed by atoms with Crippen LogP contribution in [0, 0.1) is 10.5 Å². The predicted molar refractivity (Wildman–Crippen MR) is 82.8 cm³/mol. The standard InChI is InChI=1S/C13H17IN4O/c1-8-5-4-6-9(11(8)14)12(17-15)13-10(19-3)7-16-18(13)2/h4-7,12,17H,15H2,1-3H3. The van der Waals surface area contributed by atoms with E-state index in [1.807, 2.05) is 13.1 Å². The minimum absolute atomic E-state index is 0.158. The van der Waals surface area contributed by atoms with E-state index in [1.165, 1.54) is 9.13 Å². The maximum atomic E-state index is 5.76. The highest BCUT2D eigenvalue weighted by Crippen LogP contribution is 2.32. The molecule has 102 valence electrons. The van der Waals surface area contributed by atoms with Crippen LogP contribution in [-0.4, -0.2) is 16.9 Å². The molecule has 1 unspecified atom stereocenters. The van der Waals surface area contributed by atoms with Gasteiger partial charge < -0.3 is 4.74 Å². The van der Waals surface area contributed by atoms with Gasteiger partial charge in [0.15, 0.2) is 5.75 Å². The van der Waals surface area contributed by atoms with Gasteiger partial charge in [-0.05, 0) is 40.6 Å². The number of aromatic nitrogens is 2. The summed E-state index contributed by atoms with van der Waals surface area (Å²) >= 11 is 2.34. The summed E-state index contributed by atoms with van der Waals surface area (Å²) in [6, 6.07) is 6.01. The summed E-state index contributed by atoms with van der Waals surface area (Å²) < 4.78 is 8.33. The number of hydrogen-bond acceptors (Lipinski definition) is 4. The Hall–Kier alpha value is -1.12. The summed E-state index contributed by atoms with van der Waals surface area (Å²) in [4.78, 5) is 0. The molecule has 5 nitrogen and oxygen atoms in total. The Labute approximate surface area is 126 Å². The molecule has 0 saturated carbocycles. The number of rotatable bonds is 4.